The number of hydrogen-bond acceptors (Lipinski definition) is 12. The first kappa shape index (κ1) is 40.2. The minimum atomic E-state index is -4.61. The van der Waals surface area contributed by atoms with Crippen molar-refractivity contribution in [3.8, 4) is 11.8 Å². The number of halogens is 4. The number of benzene rings is 2. The number of nitrogens with one attached hydrogen (secondary N) is 4. The monoisotopic (exact) mass is 752 g/mol. The molecule has 18 heteroatoms. The Bertz CT molecular complexity index is 1670. The summed E-state index contributed by atoms with van der Waals surface area (Å²) < 4.78 is 54.7. The Balaban J connectivity index is 1.56. The van der Waals surface area contributed by atoms with E-state index in [0.29, 0.717) is 47.1 Å². The molecule has 1 atom stereocenters. The van der Waals surface area contributed by atoms with E-state index in [1.54, 1.807) is 68.1 Å². The van der Waals surface area contributed by atoms with E-state index in [-0.39, 0.29) is 44.0 Å². The van der Waals surface area contributed by atoms with Gasteiger partial charge in [-0.3, -0.25) is 10.1 Å². The van der Waals surface area contributed by atoms with Gasteiger partial charge in [0, 0.05) is 31.9 Å². The molecule has 284 valence electrons. The second kappa shape index (κ2) is 17.3. The van der Waals surface area contributed by atoms with Crippen LogP contribution in [0.5, 0.6) is 11.8 Å². The van der Waals surface area contributed by atoms with Gasteiger partial charge < -0.3 is 40.2 Å². The zero-order valence-corrected chi connectivity index (χ0v) is 30.3. The van der Waals surface area contributed by atoms with Gasteiger partial charge in [0.15, 0.2) is 6.61 Å². The van der Waals surface area contributed by atoms with Crippen molar-refractivity contribution in [3.05, 3.63) is 58.6 Å². The molecule has 52 heavy (non-hydrogen) atoms. The van der Waals surface area contributed by atoms with Crippen molar-refractivity contribution in [2.24, 2.45) is 5.41 Å². The molecule has 0 fully saturated rings. The molecule has 4 aliphatic rings. The van der Waals surface area contributed by atoms with Gasteiger partial charge in [-0.2, -0.15) is 28.1 Å². The van der Waals surface area contributed by atoms with Gasteiger partial charge in [-0.1, -0.05) is 43.6 Å². The predicted octanol–water partition coefficient (Wildman–Crippen LogP) is 5.56. The van der Waals surface area contributed by atoms with Crippen molar-refractivity contribution >= 4 is 41.2 Å². The average Bonchev–Trinajstić information content (AvgIpc) is 3.05. The van der Waals surface area contributed by atoms with E-state index >= 15 is 0 Å². The fourth-order valence-electron chi connectivity index (χ4n) is 4.90. The largest absolute Gasteiger partial charge is 0.492 e. The molecule has 2 amide bonds. The number of hydrogen-bond donors (Lipinski definition) is 5. The first-order valence-electron chi connectivity index (χ1n) is 16.5. The summed E-state index contributed by atoms with van der Waals surface area (Å²) in [5, 5.41) is 22.7. The smallest absolute Gasteiger partial charge is 0.422 e. The zero-order valence-electron chi connectivity index (χ0n) is 29.6. The topological polar surface area (TPSA) is 172 Å². The van der Waals surface area contributed by atoms with E-state index in [1.165, 1.54) is 0 Å². The van der Waals surface area contributed by atoms with Crippen molar-refractivity contribution in [1.29, 1.82) is 0 Å². The molecule has 4 aliphatic heterocycles. The highest BCUT2D eigenvalue weighted by Gasteiger charge is 2.30. The standard InChI is InChI=1S/C34H44ClF3N8O6/c1-32(2,3)52-31(49)40-17-26(47)46-13-6-14-50-25-12-7-21(15-24(25)35)16-39-28-43-29(45-30(44-28)51-20-34(36,37)38)42-23-10-8-22(9-11-23)27(48)41-18-33(4,5)19-46/h7-12,15,27,41,48H,6,13-14,16-20H2,1-5H3,(H,40,49)(H2,39,42,43,44,45). The van der Waals surface area contributed by atoms with Gasteiger partial charge in [0.2, 0.25) is 17.8 Å². The molecule has 0 saturated heterocycles. The van der Waals surface area contributed by atoms with Crippen LogP contribution in [-0.4, -0.2) is 88.1 Å². The molecular formula is C34H44ClF3N8O6. The molecule has 0 aliphatic carbocycles. The quantitative estimate of drug-likeness (QED) is 0.225. The first-order chi connectivity index (χ1) is 24.3. The second-order valence-corrected chi connectivity index (χ2v) is 14.3. The number of carbonyl (C=O) groups excluding carboxylic acids is 2. The maximum atomic E-state index is 13.4. The molecular weight excluding hydrogens is 709 g/mol. The number of rotatable bonds is 4. The molecule has 7 rings (SSSR count). The van der Waals surface area contributed by atoms with Crippen LogP contribution in [0.1, 0.15) is 58.4 Å². The number of ether oxygens (including phenoxy) is 3. The van der Waals surface area contributed by atoms with Crippen molar-refractivity contribution in [2.75, 3.05) is 50.0 Å². The molecule has 6 bridgehead atoms. The van der Waals surface area contributed by atoms with Crippen LogP contribution in [0.15, 0.2) is 42.5 Å². The minimum Gasteiger partial charge on any atom is -0.492 e. The molecule has 3 aromatic rings. The van der Waals surface area contributed by atoms with Crippen LogP contribution in [0.2, 0.25) is 5.02 Å². The van der Waals surface area contributed by atoms with Crippen LogP contribution in [-0.2, 0) is 16.1 Å². The Labute approximate surface area is 304 Å². The van der Waals surface area contributed by atoms with E-state index in [1.807, 2.05) is 13.8 Å². The Morgan fingerprint density at radius 2 is 1.81 bits per heavy atom. The highest BCUT2D eigenvalue weighted by Crippen LogP contribution is 2.27. The highest BCUT2D eigenvalue weighted by atomic mass is 35.5. The summed E-state index contributed by atoms with van der Waals surface area (Å²) in [6, 6.07) is 11.1. The number of alkyl halides is 3. The predicted molar refractivity (Wildman–Crippen MR) is 188 cm³/mol. The number of aromatic nitrogens is 3. The van der Waals surface area contributed by atoms with Gasteiger partial charge in [-0.05, 0) is 68.0 Å². The van der Waals surface area contributed by atoms with Gasteiger partial charge in [-0.25, -0.2) is 4.79 Å². The number of carbonyl (C=O) groups is 2. The van der Waals surface area contributed by atoms with Crippen molar-refractivity contribution in [2.45, 2.75) is 65.6 Å². The van der Waals surface area contributed by atoms with E-state index < -0.39 is 42.1 Å². The first-order valence-corrected chi connectivity index (χ1v) is 16.9. The summed E-state index contributed by atoms with van der Waals surface area (Å²) in [5.74, 6) is -0.0522. The van der Waals surface area contributed by atoms with Crippen molar-refractivity contribution in [1.82, 2.24) is 30.5 Å². The molecule has 5 N–H and O–H groups in total. The van der Waals surface area contributed by atoms with Crippen LogP contribution in [0, 0.1) is 5.41 Å². The molecule has 5 heterocycles. The zero-order chi connectivity index (χ0) is 38.1. The Hall–Kier alpha value is -4.61. The summed E-state index contributed by atoms with van der Waals surface area (Å²) in [5.41, 5.74) is 0.437. The van der Waals surface area contributed by atoms with Crippen molar-refractivity contribution < 1.29 is 42.1 Å². The third-order valence-corrected chi connectivity index (χ3v) is 7.56. The molecule has 14 nitrogen and oxygen atoms in total. The number of aliphatic hydroxyl groups is 1. The van der Waals surface area contributed by atoms with Crippen LogP contribution in [0.4, 0.5) is 35.5 Å². The SMILES string of the molecule is CC1(C)CNC(O)c2ccc(cc2)Nc2nc(nc(OCC(F)(F)F)n2)NCc2ccc(c(Cl)c2)OCCCN(C(=O)CNC(=O)OC(C)(C)C)C1. The average molecular weight is 753 g/mol. The van der Waals surface area contributed by atoms with E-state index in [2.05, 4.69) is 36.2 Å². The van der Waals surface area contributed by atoms with Crippen LogP contribution in [0.3, 0.4) is 0 Å². The van der Waals surface area contributed by atoms with Gasteiger partial charge >= 0.3 is 18.3 Å². The molecule has 0 radical (unpaired) electrons. The molecule has 1 aromatic heterocycles. The third-order valence-electron chi connectivity index (χ3n) is 7.27. The summed E-state index contributed by atoms with van der Waals surface area (Å²) in [6.45, 7) is 8.46. The number of alkyl carbamates (subject to hydrolysis) is 1. The molecule has 0 spiro atoms. The van der Waals surface area contributed by atoms with E-state index in [0.717, 1.165) is 0 Å². The fraction of sp³-hybridized carbons (Fsp3) is 0.500. The second-order valence-electron chi connectivity index (χ2n) is 13.9. The Morgan fingerprint density at radius 1 is 1.10 bits per heavy atom. The number of anilines is 3. The summed E-state index contributed by atoms with van der Waals surface area (Å²) in [6.07, 6.45) is -5.95. The van der Waals surface area contributed by atoms with Crippen molar-refractivity contribution in [3.63, 3.8) is 0 Å². The lowest BCUT2D eigenvalue weighted by Crippen LogP contribution is -2.48. The molecule has 1 unspecified atom stereocenters. The van der Waals surface area contributed by atoms with Crippen LogP contribution >= 0.6 is 11.6 Å². The lowest BCUT2D eigenvalue weighted by molar-refractivity contribution is -0.154. The third kappa shape index (κ3) is 13.5. The summed E-state index contributed by atoms with van der Waals surface area (Å²) >= 11 is 6.51. The summed E-state index contributed by atoms with van der Waals surface area (Å²) in [4.78, 5) is 39.4. The van der Waals surface area contributed by atoms with Gasteiger partial charge in [0.25, 0.3) is 0 Å². The maximum Gasteiger partial charge on any atom is 0.422 e. The highest BCUT2D eigenvalue weighted by molar-refractivity contribution is 6.32. The van der Waals surface area contributed by atoms with Crippen LogP contribution < -0.4 is 30.7 Å². The van der Waals surface area contributed by atoms with Gasteiger partial charge in [0.05, 0.1) is 11.6 Å². The Morgan fingerprint density at radius 3 is 2.48 bits per heavy atom. The summed E-state index contributed by atoms with van der Waals surface area (Å²) in [7, 11) is 0. The lowest BCUT2D eigenvalue weighted by Gasteiger charge is -2.34. The van der Waals surface area contributed by atoms with Gasteiger partial charge in [-0.15, -0.1) is 0 Å². The number of nitrogens with zero attached hydrogens (tertiary/aromatic N) is 4. The van der Waals surface area contributed by atoms with E-state index in [4.69, 9.17) is 25.8 Å². The number of aliphatic hydroxyl groups excluding tert-OH is 1. The molecule has 2 aromatic carbocycles. The minimum absolute atomic E-state index is 0.0557. The van der Waals surface area contributed by atoms with Gasteiger partial charge in [0.1, 0.15) is 24.1 Å². The lowest BCUT2D eigenvalue weighted by atomic mass is 9.92. The Kier molecular flexibility index (Phi) is 13.3. The normalized spacial score (nSPS) is 17.2. The molecule has 0 saturated carbocycles. The maximum absolute atomic E-state index is 13.4. The fourth-order valence-corrected chi connectivity index (χ4v) is 5.16. The number of amides is 2. The van der Waals surface area contributed by atoms with Crippen LogP contribution in [0.25, 0.3) is 0 Å². The van der Waals surface area contributed by atoms with E-state index in [9.17, 15) is 27.9 Å².